The maximum Gasteiger partial charge on any atom is 0.309 e. The lowest BCUT2D eigenvalue weighted by molar-refractivity contribution is -0.136. The van der Waals surface area contributed by atoms with Crippen LogP contribution in [0.25, 0.3) is 10.9 Å². The molecular weight excluding hydrogens is 266 g/mol. The highest BCUT2D eigenvalue weighted by molar-refractivity contribution is 6.32. The smallest absolute Gasteiger partial charge is 0.309 e. The molecule has 5 heteroatoms. The predicted molar refractivity (Wildman–Crippen MR) is 75.0 cm³/mol. The van der Waals surface area contributed by atoms with Crippen molar-refractivity contribution in [1.29, 1.82) is 0 Å². The van der Waals surface area contributed by atoms with Crippen molar-refractivity contribution < 1.29 is 9.90 Å². The van der Waals surface area contributed by atoms with Gasteiger partial charge in [-0.05, 0) is 31.5 Å². The summed E-state index contributed by atoms with van der Waals surface area (Å²) in [6.07, 6.45) is -0.176. The van der Waals surface area contributed by atoms with Crippen LogP contribution in [0, 0.1) is 6.92 Å². The average molecular weight is 280 g/mol. The van der Waals surface area contributed by atoms with Gasteiger partial charge in [-0.15, -0.1) is 0 Å². The molecule has 4 nitrogen and oxygen atoms in total. The highest BCUT2D eigenvalue weighted by atomic mass is 35.5. The van der Waals surface area contributed by atoms with Gasteiger partial charge < -0.3 is 9.67 Å². The van der Waals surface area contributed by atoms with Crippen LogP contribution in [-0.4, -0.2) is 15.6 Å². The molecule has 1 aromatic carbocycles. The summed E-state index contributed by atoms with van der Waals surface area (Å²) in [5, 5.41) is 10.1. The number of carboxylic acids is 1. The fourth-order valence-corrected chi connectivity index (χ4v) is 2.49. The quantitative estimate of drug-likeness (QED) is 0.939. The van der Waals surface area contributed by atoms with Crippen LogP contribution < -0.4 is 5.43 Å². The first-order chi connectivity index (χ1) is 8.95. The van der Waals surface area contributed by atoms with Gasteiger partial charge in [0.25, 0.3) is 0 Å². The minimum atomic E-state index is -0.958. The summed E-state index contributed by atoms with van der Waals surface area (Å²) in [7, 11) is 0. The predicted octanol–water partition coefficient (Wildman–Crippen LogP) is 2.61. The van der Waals surface area contributed by atoms with E-state index >= 15 is 0 Å². The zero-order valence-corrected chi connectivity index (χ0v) is 11.5. The van der Waals surface area contributed by atoms with Crippen LogP contribution in [0.4, 0.5) is 0 Å². The first-order valence-electron chi connectivity index (χ1n) is 5.99. The van der Waals surface area contributed by atoms with E-state index in [1.165, 1.54) is 6.07 Å². The molecule has 0 radical (unpaired) electrons. The molecule has 0 bridgehead atoms. The summed E-state index contributed by atoms with van der Waals surface area (Å²) in [6.45, 7) is 4.33. The molecule has 0 aliphatic carbocycles. The topological polar surface area (TPSA) is 59.3 Å². The van der Waals surface area contributed by atoms with E-state index in [0.717, 1.165) is 11.1 Å². The zero-order valence-electron chi connectivity index (χ0n) is 10.7. The Morgan fingerprint density at radius 3 is 2.68 bits per heavy atom. The lowest BCUT2D eigenvalue weighted by atomic mass is 10.1. The van der Waals surface area contributed by atoms with E-state index in [1.54, 1.807) is 12.1 Å². The summed E-state index contributed by atoms with van der Waals surface area (Å²) in [6, 6.07) is 4.77. The Kier molecular flexibility index (Phi) is 3.62. The van der Waals surface area contributed by atoms with Gasteiger partial charge in [0, 0.05) is 28.7 Å². The van der Waals surface area contributed by atoms with Crippen molar-refractivity contribution >= 4 is 28.5 Å². The Hall–Kier alpha value is -1.81. The highest BCUT2D eigenvalue weighted by Crippen LogP contribution is 2.24. The van der Waals surface area contributed by atoms with E-state index < -0.39 is 5.97 Å². The van der Waals surface area contributed by atoms with Crippen LogP contribution >= 0.6 is 11.6 Å². The second-order valence-electron chi connectivity index (χ2n) is 4.38. The van der Waals surface area contributed by atoms with Crippen LogP contribution in [0.2, 0.25) is 5.02 Å². The van der Waals surface area contributed by atoms with E-state index in [4.69, 9.17) is 16.7 Å². The Bertz CT molecular complexity index is 719. The van der Waals surface area contributed by atoms with Crippen LogP contribution in [0.15, 0.2) is 23.0 Å². The third-order valence-corrected chi connectivity index (χ3v) is 3.60. The molecule has 2 aromatic rings. The highest BCUT2D eigenvalue weighted by Gasteiger charge is 2.13. The molecule has 0 spiro atoms. The minimum Gasteiger partial charge on any atom is -0.481 e. The van der Waals surface area contributed by atoms with Gasteiger partial charge in [-0.3, -0.25) is 9.59 Å². The van der Waals surface area contributed by atoms with Crippen molar-refractivity contribution in [3.05, 3.63) is 44.7 Å². The molecule has 2 rings (SSSR count). The number of rotatable bonds is 3. The van der Waals surface area contributed by atoms with E-state index in [2.05, 4.69) is 0 Å². The molecule has 100 valence electrons. The third-order valence-electron chi connectivity index (χ3n) is 3.19. The molecule has 0 unspecified atom stereocenters. The van der Waals surface area contributed by atoms with Gasteiger partial charge in [0.05, 0.1) is 11.9 Å². The zero-order chi connectivity index (χ0) is 14.2. The minimum absolute atomic E-state index is 0.171. The average Bonchev–Trinajstić information content (AvgIpc) is 2.33. The Morgan fingerprint density at radius 2 is 2.11 bits per heavy atom. The molecule has 0 saturated heterocycles. The molecule has 1 heterocycles. The molecule has 0 atom stereocenters. The monoisotopic (exact) mass is 279 g/mol. The number of aryl methyl sites for hydroxylation is 2. The maximum absolute atomic E-state index is 12.1. The van der Waals surface area contributed by atoms with Gasteiger partial charge in [-0.1, -0.05) is 11.6 Å². The van der Waals surface area contributed by atoms with Crippen LogP contribution in [0.3, 0.4) is 0 Å². The first kappa shape index (κ1) is 13.6. The van der Waals surface area contributed by atoms with Crippen molar-refractivity contribution in [2.24, 2.45) is 0 Å². The van der Waals surface area contributed by atoms with Crippen molar-refractivity contribution in [2.75, 3.05) is 0 Å². The second kappa shape index (κ2) is 5.05. The summed E-state index contributed by atoms with van der Waals surface area (Å²) < 4.78 is 1.84. The number of aromatic nitrogens is 1. The van der Waals surface area contributed by atoms with Gasteiger partial charge in [0.2, 0.25) is 0 Å². The molecule has 0 amide bonds. The summed E-state index contributed by atoms with van der Waals surface area (Å²) in [5.74, 6) is -0.958. The number of pyridine rings is 1. The van der Waals surface area contributed by atoms with Crippen molar-refractivity contribution in [2.45, 2.75) is 26.8 Å². The Balaban J connectivity index is 2.91. The number of hydrogen-bond donors (Lipinski definition) is 1. The fraction of sp³-hybridized carbons (Fsp3) is 0.286. The van der Waals surface area contributed by atoms with E-state index in [-0.39, 0.29) is 11.8 Å². The molecule has 1 aromatic heterocycles. The van der Waals surface area contributed by atoms with Crippen LogP contribution in [0.5, 0.6) is 0 Å². The van der Waals surface area contributed by atoms with E-state index in [9.17, 15) is 9.59 Å². The SMILES string of the molecule is CCn1c(CC(=O)O)cc(=O)c2ccc(Cl)c(C)c21. The lowest BCUT2D eigenvalue weighted by Gasteiger charge is -2.16. The van der Waals surface area contributed by atoms with Gasteiger partial charge in [-0.25, -0.2) is 0 Å². The number of hydrogen-bond acceptors (Lipinski definition) is 2. The summed E-state index contributed by atoms with van der Waals surface area (Å²) >= 11 is 6.10. The van der Waals surface area contributed by atoms with Gasteiger partial charge in [0.1, 0.15) is 0 Å². The largest absolute Gasteiger partial charge is 0.481 e. The molecular formula is C14H14ClNO3. The standard InChI is InChI=1S/C14H14ClNO3/c1-3-16-9(7-13(18)19)6-12(17)10-4-5-11(15)8(2)14(10)16/h4-6H,3,7H2,1-2H3,(H,18,19). The van der Waals surface area contributed by atoms with Gasteiger partial charge in [-0.2, -0.15) is 0 Å². The van der Waals surface area contributed by atoms with E-state index in [0.29, 0.717) is 22.6 Å². The second-order valence-corrected chi connectivity index (χ2v) is 4.79. The maximum atomic E-state index is 12.1. The third kappa shape index (κ3) is 2.36. The summed E-state index contributed by atoms with van der Waals surface area (Å²) in [4.78, 5) is 23.0. The van der Waals surface area contributed by atoms with Gasteiger partial charge >= 0.3 is 5.97 Å². The van der Waals surface area contributed by atoms with Crippen molar-refractivity contribution in [3.8, 4) is 0 Å². The molecule has 1 N–H and O–H groups in total. The Morgan fingerprint density at radius 1 is 1.42 bits per heavy atom. The number of benzene rings is 1. The van der Waals surface area contributed by atoms with Crippen LogP contribution in [0.1, 0.15) is 18.2 Å². The number of fused-ring (bicyclic) bond motifs is 1. The molecule has 19 heavy (non-hydrogen) atoms. The summed E-state index contributed by atoms with van der Waals surface area (Å²) in [5.41, 5.74) is 1.85. The normalized spacial score (nSPS) is 10.9. The molecule has 0 fully saturated rings. The van der Waals surface area contributed by atoms with Crippen LogP contribution in [-0.2, 0) is 17.8 Å². The first-order valence-corrected chi connectivity index (χ1v) is 6.36. The van der Waals surface area contributed by atoms with E-state index in [1.807, 2.05) is 18.4 Å². The number of halogens is 1. The molecule has 0 aliphatic heterocycles. The fourth-order valence-electron chi connectivity index (χ4n) is 2.34. The van der Waals surface area contributed by atoms with Crippen molar-refractivity contribution in [1.82, 2.24) is 4.57 Å². The Labute approximate surface area is 115 Å². The number of carboxylic acid groups (broad SMARTS) is 1. The number of aliphatic carboxylic acids is 1. The van der Waals surface area contributed by atoms with Crippen molar-refractivity contribution in [3.63, 3.8) is 0 Å². The number of carbonyl (C=O) groups is 1. The molecule has 0 aliphatic rings. The van der Waals surface area contributed by atoms with Gasteiger partial charge in [0.15, 0.2) is 5.43 Å². The molecule has 0 saturated carbocycles. The lowest BCUT2D eigenvalue weighted by Crippen LogP contribution is -2.17. The number of nitrogens with zero attached hydrogens (tertiary/aromatic N) is 1.